The molecule has 2 N–H and O–H groups in total. The quantitative estimate of drug-likeness (QED) is 0.869. The first-order valence-corrected chi connectivity index (χ1v) is 6.92. The minimum atomic E-state index is -0.946. The van der Waals surface area contributed by atoms with Gasteiger partial charge in [-0.3, -0.25) is 0 Å². The second-order valence-electron chi connectivity index (χ2n) is 4.56. The van der Waals surface area contributed by atoms with Gasteiger partial charge in [0.05, 0.1) is 0 Å². The molecule has 2 aromatic carbocycles. The van der Waals surface area contributed by atoms with Crippen molar-refractivity contribution in [3.05, 3.63) is 63.6 Å². The monoisotopic (exact) mass is 341 g/mol. The summed E-state index contributed by atoms with van der Waals surface area (Å²) in [7, 11) is 0. The predicted molar refractivity (Wildman–Crippen MR) is 77.4 cm³/mol. The Balaban J connectivity index is 2.03. The predicted octanol–water partition coefficient (Wildman–Crippen LogP) is 4.28. The van der Waals surface area contributed by atoms with E-state index in [9.17, 15) is 8.78 Å². The number of hydrogen-bond donors (Lipinski definition) is 2. The fraction of sp³-hybridized carbons (Fsp3) is 0.200. The summed E-state index contributed by atoms with van der Waals surface area (Å²) < 4.78 is 27.4. The third-order valence-corrected chi connectivity index (χ3v) is 3.59. The Kier molecular flexibility index (Phi) is 4.73. The molecule has 2 nitrogen and oxygen atoms in total. The zero-order valence-corrected chi connectivity index (χ0v) is 12.4. The minimum Gasteiger partial charge on any atom is -0.503 e. The van der Waals surface area contributed by atoms with E-state index in [4.69, 9.17) is 5.11 Å². The van der Waals surface area contributed by atoms with Gasteiger partial charge in [-0.25, -0.2) is 8.78 Å². The molecule has 0 aliphatic carbocycles. The molecule has 0 unspecified atom stereocenters. The lowest BCUT2D eigenvalue weighted by Gasteiger charge is -2.14. The van der Waals surface area contributed by atoms with Gasteiger partial charge in [0, 0.05) is 17.1 Å². The second-order valence-corrected chi connectivity index (χ2v) is 5.48. The van der Waals surface area contributed by atoms with Gasteiger partial charge in [-0.2, -0.15) is 0 Å². The van der Waals surface area contributed by atoms with Crippen molar-refractivity contribution < 1.29 is 13.9 Å². The summed E-state index contributed by atoms with van der Waals surface area (Å²) >= 11 is 3.37. The molecule has 0 bridgehead atoms. The van der Waals surface area contributed by atoms with Crippen LogP contribution in [0.4, 0.5) is 8.78 Å². The molecular formula is C15H14BrF2NO. The molecule has 0 heterocycles. The van der Waals surface area contributed by atoms with Crippen LogP contribution in [0.5, 0.6) is 5.75 Å². The van der Waals surface area contributed by atoms with Crippen LogP contribution < -0.4 is 5.32 Å². The van der Waals surface area contributed by atoms with Crippen LogP contribution in [0.1, 0.15) is 24.1 Å². The molecule has 0 radical (unpaired) electrons. The van der Waals surface area contributed by atoms with Gasteiger partial charge in [0.25, 0.3) is 0 Å². The smallest absolute Gasteiger partial charge is 0.187 e. The summed E-state index contributed by atoms with van der Waals surface area (Å²) in [5, 5.41) is 12.2. The summed E-state index contributed by atoms with van der Waals surface area (Å²) in [4.78, 5) is 0. The first kappa shape index (κ1) is 14.9. The van der Waals surface area contributed by atoms with E-state index >= 15 is 0 Å². The molecule has 2 rings (SSSR count). The molecular weight excluding hydrogens is 328 g/mol. The molecule has 2 aromatic rings. The Morgan fingerprint density at radius 1 is 1.15 bits per heavy atom. The first-order chi connectivity index (χ1) is 9.47. The number of rotatable bonds is 4. The van der Waals surface area contributed by atoms with Gasteiger partial charge in [0.15, 0.2) is 17.4 Å². The average molecular weight is 342 g/mol. The number of phenolic OH excluding ortho intramolecular Hbond substituents is 1. The normalized spacial score (nSPS) is 12.4. The molecule has 0 amide bonds. The highest BCUT2D eigenvalue weighted by molar-refractivity contribution is 9.10. The summed E-state index contributed by atoms with van der Waals surface area (Å²) in [6, 6.07) is 10.1. The SMILES string of the molecule is C[C@H](NCc1cc(F)c(O)c(F)c1)c1ccc(Br)cc1. The molecule has 1 atom stereocenters. The summed E-state index contributed by atoms with van der Waals surface area (Å²) in [6.07, 6.45) is 0. The molecule has 0 aromatic heterocycles. The zero-order chi connectivity index (χ0) is 14.7. The lowest BCUT2D eigenvalue weighted by atomic mass is 10.1. The van der Waals surface area contributed by atoms with Gasteiger partial charge in [-0.1, -0.05) is 28.1 Å². The maximum atomic E-state index is 13.2. The topological polar surface area (TPSA) is 32.3 Å². The highest BCUT2D eigenvalue weighted by Gasteiger charge is 2.10. The van der Waals surface area contributed by atoms with E-state index in [1.807, 2.05) is 31.2 Å². The maximum Gasteiger partial charge on any atom is 0.187 e. The van der Waals surface area contributed by atoms with E-state index in [0.717, 1.165) is 22.2 Å². The first-order valence-electron chi connectivity index (χ1n) is 6.13. The molecule has 0 fully saturated rings. The van der Waals surface area contributed by atoms with E-state index in [-0.39, 0.29) is 6.04 Å². The lowest BCUT2D eigenvalue weighted by molar-refractivity contribution is 0.394. The van der Waals surface area contributed by atoms with Crippen LogP contribution in [-0.2, 0) is 6.54 Å². The Hall–Kier alpha value is -1.46. The van der Waals surface area contributed by atoms with E-state index in [1.165, 1.54) is 0 Å². The second kappa shape index (κ2) is 6.33. The van der Waals surface area contributed by atoms with Crippen molar-refractivity contribution >= 4 is 15.9 Å². The fourth-order valence-corrected chi connectivity index (χ4v) is 2.12. The van der Waals surface area contributed by atoms with E-state index < -0.39 is 17.4 Å². The molecule has 0 saturated heterocycles. The highest BCUT2D eigenvalue weighted by atomic mass is 79.9. The molecule has 20 heavy (non-hydrogen) atoms. The Bertz CT molecular complexity index is 578. The molecule has 0 aliphatic heterocycles. The standard InChI is InChI=1S/C15H14BrF2NO/c1-9(11-2-4-12(16)5-3-11)19-8-10-6-13(17)15(20)14(18)7-10/h2-7,9,19-20H,8H2,1H3/t9-/m0/s1. The average Bonchev–Trinajstić information content (AvgIpc) is 2.42. The third-order valence-electron chi connectivity index (χ3n) is 3.06. The van der Waals surface area contributed by atoms with Crippen molar-refractivity contribution in [2.45, 2.75) is 19.5 Å². The number of nitrogens with one attached hydrogen (secondary N) is 1. The minimum absolute atomic E-state index is 0.0445. The van der Waals surface area contributed by atoms with Gasteiger partial charge in [-0.15, -0.1) is 0 Å². The van der Waals surface area contributed by atoms with Gasteiger partial charge >= 0.3 is 0 Å². The van der Waals surface area contributed by atoms with Crippen LogP contribution in [-0.4, -0.2) is 5.11 Å². The maximum absolute atomic E-state index is 13.2. The van der Waals surface area contributed by atoms with Crippen LogP contribution in [0.3, 0.4) is 0 Å². The summed E-state index contributed by atoms with van der Waals surface area (Å²) in [6.45, 7) is 2.28. The molecule has 106 valence electrons. The van der Waals surface area contributed by atoms with Crippen LogP contribution in [0.15, 0.2) is 40.9 Å². The van der Waals surface area contributed by atoms with Gasteiger partial charge in [0.2, 0.25) is 0 Å². The molecule has 0 aliphatic rings. The van der Waals surface area contributed by atoms with Crippen molar-refractivity contribution in [1.29, 1.82) is 0 Å². The Morgan fingerprint density at radius 3 is 2.25 bits per heavy atom. The number of phenols is 1. The molecule has 5 heteroatoms. The van der Waals surface area contributed by atoms with Gasteiger partial charge in [-0.05, 0) is 42.3 Å². The number of benzene rings is 2. The summed E-state index contributed by atoms with van der Waals surface area (Å²) in [5.41, 5.74) is 1.52. The Morgan fingerprint density at radius 2 is 1.70 bits per heavy atom. The van der Waals surface area contributed by atoms with Crippen LogP contribution in [0, 0.1) is 11.6 Å². The molecule has 0 spiro atoms. The third kappa shape index (κ3) is 3.55. The summed E-state index contributed by atoms with van der Waals surface area (Å²) in [5.74, 6) is -2.83. The van der Waals surface area contributed by atoms with Crippen molar-refractivity contribution in [2.75, 3.05) is 0 Å². The fourth-order valence-electron chi connectivity index (χ4n) is 1.86. The molecule has 0 saturated carbocycles. The van der Waals surface area contributed by atoms with Crippen LogP contribution in [0.2, 0.25) is 0 Å². The highest BCUT2D eigenvalue weighted by Crippen LogP contribution is 2.22. The van der Waals surface area contributed by atoms with Crippen molar-refractivity contribution in [3.63, 3.8) is 0 Å². The van der Waals surface area contributed by atoms with Gasteiger partial charge in [0.1, 0.15) is 0 Å². The van der Waals surface area contributed by atoms with Crippen molar-refractivity contribution in [1.82, 2.24) is 5.32 Å². The van der Waals surface area contributed by atoms with Crippen LogP contribution in [0.25, 0.3) is 0 Å². The number of aromatic hydroxyl groups is 1. The lowest BCUT2D eigenvalue weighted by Crippen LogP contribution is -2.18. The largest absolute Gasteiger partial charge is 0.503 e. The van der Waals surface area contributed by atoms with Crippen LogP contribution >= 0.6 is 15.9 Å². The number of halogens is 3. The Labute approximate surface area is 124 Å². The van der Waals surface area contributed by atoms with E-state index in [1.54, 1.807) is 0 Å². The van der Waals surface area contributed by atoms with Crippen molar-refractivity contribution in [3.8, 4) is 5.75 Å². The number of hydrogen-bond acceptors (Lipinski definition) is 2. The van der Waals surface area contributed by atoms with Crippen molar-refractivity contribution in [2.24, 2.45) is 0 Å². The van der Waals surface area contributed by atoms with Gasteiger partial charge < -0.3 is 10.4 Å². The van der Waals surface area contributed by atoms with E-state index in [0.29, 0.717) is 12.1 Å². The zero-order valence-electron chi connectivity index (χ0n) is 10.8. The van der Waals surface area contributed by atoms with E-state index in [2.05, 4.69) is 21.2 Å².